The van der Waals surface area contributed by atoms with E-state index < -0.39 is 0 Å². The maximum Gasteiger partial charge on any atom is 0.211 e. The third-order valence-corrected chi connectivity index (χ3v) is 3.73. The lowest BCUT2D eigenvalue weighted by Crippen LogP contribution is -2.15. The number of carbonyl (C=O) groups excluding carboxylic acids is 1. The molecule has 2 nitrogen and oxygen atoms in total. The molecule has 1 aromatic rings. The highest BCUT2D eigenvalue weighted by Gasteiger charge is 2.51. The highest BCUT2D eigenvalue weighted by atomic mass is 16.1. The molecule has 2 heteroatoms. The van der Waals surface area contributed by atoms with E-state index in [1.165, 1.54) is 12.0 Å². The number of rotatable bonds is 4. The van der Waals surface area contributed by atoms with Gasteiger partial charge in [0.05, 0.1) is 0 Å². The standard InChI is InChI=1S/C15H15NO/c17-11-16-14-7-6-13-9-15(13,10-14)8-12-4-2-1-3-5-12/h1-7,10-11,13H,8-9H2,(H,16,17). The van der Waals surface area contributed by atoms with Gasteiger partial charge in [0, 0.05) is 11.1 Å². The van der Waals surface area contributed by atoms with E-state index in [1.807, 2.05) is 12.1 Å². The summed E-state index contributed by atoms with van der Waals surface area (Å²) in [6, 6.07) is 10.5. The van der Waals surface area contributed by atoms with Gasteiger partial charge in [0.1, 0.15) is 0 Å². The summed E-state index contributed by atoms with van der Waals surface area (Å²) in [5.74, 6) is 0.653. The maximum absolute atomic E-state index is 10.5. The van der Waals surface area contributed by atoms with Crippen LogP contribution in [0.4, 0.5) is 0 Å². The van der Waals surface area contributed by atoms with Crippen LogP contribution in [-0.2, 0) is 11.2 Å². The molecule has 0 spiro atoms. The van der Waals surface area contributed by atoms with Crippen LogP contribution in [0.3, 0.4) is 0 Å². The van der Waals surface area contributed by atoms with Gasteiger partial charge in [-0.25, -0.2) is 0 Å². The first kappa shape index (κ1) is 10.3. The number of fused-ring (bicyclic) bond motifs is 1. The predicted molar refractivity (Wildman–Crippen MR) is 67.1 cm³/mol. The zero-order valence-electron chi connectivity index (χ0n) is 9.60. The molecule has 0 bridgehead atoms. The van der Waals surface area contributed by atoms with E-state index >= 15 is 0 Å². The van der Waals surface area contributed by atoms with Crippen LogP contribution in [0.15, 0.2) is 54.3 Å². The van der Waals surface area contributed by atoms with E-state index in [-0.39, 0.29) is 5.41 Å². The Morgan fingerprint density at radius 3 is 2.94 bits per heavy atom. The highest BCUT2D eigenvalue weighted by Crippen LogP contribution is 2.58. The van der Waals surface area contributed by atoms with E-state index in [0.29, 0.717) is 5.92 Å². The summed E-state index contributed by atoms with van der Waals surface area (Å²) in [7, 11) is 0. The van der Waals surface area contributed by atoms with Crippen molar-refractivity contribution in [3.8, 4) is 0 Å². The number of carbonyl (C=O) groups is 1. The quantitative estimate of drug-likeness (QED) is 0.783. The molecule has 1 N–H and O–H groups in total. The van der Waals surface area contributed by atoms with Crippen LogP contribution in [0.25, 0.3) is 0 Å². The first-order valence-corrected chi connectivity index (χ1v) is 5.98. The van der Waals surface area contributed by atoms with E-state index in [1.54, 1.807) is 0 Å². The third-order valence-electron chi connectivity index (χ3n) is 3.73. The van der Waals surface area contributed by atoms with Gasteiger partial charge < -0.3 is 5.32 Å². The van der Waals surface area contributed by atoms with Crippen LogP contribution in [0.2, 0.25) is 0 Å². The van der Waals surface area contributed by atoms with Crippen LogP contribution in [0.1, 0.15) is 12.0 Å². The number of hydrogen-bond donors (Lipinski definition) is 1. The lowest BCUT2D eigenvalue weighted by atomic mass is 9.90. The maximum atomic E-state index is 10.5. The largest absolute Gasteiger partial charge is 0.329 e. The second-order valence-electron chi connectivity index (χ2n) is 4.93. The Bertz CT molecular complexity index is 489. The molecule has 0 radical (unpaired) electrons. The van der Waals surface area contributed by atoms with Crippen molar-refractivity contribution >= 4 is 6.41 Å². The Morgan fingerprint density at radius 1 is 1.35 bits per heavy atom. The van der Waals surface area contributed by atoms with Crippen LogP contribution < -0.4 is 5.32 Å². The fourth-order valence-electron chi connectivity index (χ4n) is 2.74. The molecule has 0 aliphatic heterocycles. The molecule has 86 valence electrons. The Hall–Kier alpha value is -1.83. The average molecular weight is 225 g/mol. The molecule has 3 rings (SSSR count). The zero-order chi connectivity index (χ0) is 11.7. The Kier molecular flexibility index (Phi) is 2.36. The predicted octanol–water partition coefficient (Wildman–Crippen LogP) is 2.44. The van der Waals surface area contributed by atoms with Crippen molar-refractivity contribution in [1.29, 1.82) is 0 Å². The molecule has 0 saturated heterocycles. The minimum atomic E-state index is 0.251. The van der Waals surface area contributed by atoms with Gasteiger partial charge in [-0.2, -0.15) is 0 Å². The first-order valence-electron chi connectivity index (χ1n) is 5.98. The van der Waals surface area contributed by atoms with Gasteiger partial charge in [-0.15, -0.1) is 0 Å². The molecule has 2 atom stereocenters. The van der Waals surface area contributed by atoms with Gasteiger partial charge >= 0.3 is 0 Å². The van der Waals surface area contributed by atoms with Crippen LogP contribution in [-0.4, -0.2) is 6.41 Å². The Morgan fingerprint density at radius 2 is 2.18 bits per heavy atom. The summed E-state index contributed by atoms with van der Waals surface area (Å²) in [5, 5.41) is 2.75. The molecule has 17 heavy (non-hydrogen) atoms. The van der Waals surface area contributed by atoms with Gasteiger partial charge in [0.2, 0.25) is 6.41 Å². The van der Waals surface area contributed by atoms with Crippen molar-refractivity contribution < 1.29 is 4.79 Å². The summed E-state index contributed by atoms with van der Waals surface area (Å²) in [6.45, 7) is 0. The van der Waals surface area contributed by atoms with Crippen molar-refractivity contribution in [2.75, 3.05) is 0 Å². The summed E-state index contributed by atoms with van der Waals surface area (Å²) >= 11 is 0. The van der Waals surface area contributed by atoms with E-state index in [0.717, 1.165) is 18.5 Å². The molecule has 2 aliphatic carbocycles. The second-order valence-corrected chi connectivity index (χ2v) is 4.93. The van der Waals surface area contributed by atoms with Gasteiger partial charge in [0.25, 0.3) is 0 Å². The summed E-state index contributed by atoms with van der Waals surface area (Å²) in [4.78, 5) is 10.5. The van der Waals surface area contributed by atoms with Crippen molar-refractivity contribution in [2.24, 2.45) is 11.3 Å². The van der Waals surface area contributed by atoms with Crippen LogP contribution >= 0.6 is 0 Å². The molecule has 2 aliphatic rings. The number of hydrogen-bond acceptors (Lipinski definition) is 1. The minimum Gasteiger partial charge on any atom is -0.329 e. The number of allylic oxidation sites excluding steroid dienone is 3. The van der Waals surface area contributed by atoms with Crippen LogP contribution in [0, 0.1) is 11.3 Å². The van der Waals surface area contributed by atoms with Gasteiger partial charge in [-0.05, 0) is 30.4 Å². The topological polar surface area (TPSA) is 29.1 Å². The summed E-state index contributed by atoms with van der Waals surface area (Å²) in [5.41, 5.74) is 2.55. The second kappa shape index (κ2) is 3.88. The SMILES string of the molecule is O=CNC1=CC2(Cc3ccccc3)CC2C=C1. The molecule has 1 aromatic carbocycles. The van der Waals surface area contributed by atoms with E-state index in [4.69, 9.17) is 0 Å². The molecule has 2 unspecified atom stereocenters. The van der Waals surface area contributed by atoms with E-state index in [9.17, 15) is 4.79 Å². The lowest BCUT2D eigenvalue weighted by molar-refractivity contribution is -0.108. The fraction of sp³-hybridized carbons (Fsp3) is 0.267. The molecular formula is C15H15NO. The molecule has 1 saturated carbocycles. The van der Waals surface area contributed by atoms with Gasteiger partial charge in [-0.3, -0.25) is 4.79 Å². The molecule has 1 amide bonds. The first-order chi connectivity index (χ1) is 8.32. The van der Waals surface area contributed by atoms with Crippen molar-refractivity contribution in [3.63, 3.8) is 0 Å². The van der Waals surface area contributed by atoms with Crippen molar-refractivity contribution in [2.45, 2.75) is 12.8 Å². The Labute approximate surface area is 101 Å². The fourth-order valence-corrected chi connectivity index (χ4v) is 2.74. The number of nitrogens with one attached hydrogen (secondary N) is 1. The lowest BCUT2D eigenvalue weighted by Gasteiger charge is -2.17. The van der Waals surface area contributed by atoms with Crippen LogP contribution in [0.5, 0.6) is 0 Å². The molecule has 1 fully saturated rings. The summed E-state index contributed by atoms with van der Waals surface area (Å²) < 4.78 is 0. The number of amides is 1. The molecule has 0 aromatic heterocycles. The highest BCUT2D eigenvalue weighted by molar-refractivity contribution is 5.53. The smallest absolute Gasteiger partial charge is 0.211 e. The Balaban J connectivity index is 1.80. The monoisotopic (exact) mass is 225 g/mol. The minimum absolute atomic E-state index is 0.251. The van der Waals surface area contributed by atoms with Gasteiger partial charge in [-0.1, -0.05) is 42.5 Å². The zero-order valence-corrected chi connectivity index (χ0v) is 9.60. The molecular weight excluding hydrogens is 210 g/mol. The average Bonchev–Trinajstić information content (AvgIpc) is 3.04. The van der Waals surface area contributed by atoms with Crippen molar-refractivity contribution in [3.05, 3.63) is 59.8 Å². The van der Waals surface area contributed by atoms with E-state index in [2.05, 4.69) is 41.7 Å². The normalized spacial score (nSPS) is 29.2. The third kappa shape index (κ3) is 1.91. The van der Waals surface area contributed by atoms with Gasteiger partial charge in [0.15, 0.2) is 0 Å². The van der Waals surface area contributed by atoms with Crippen molar-refractivity contribution in [1.82, 2.24) is 5.32 Å². The molecule has 0 heterocycles. The number of benzene rings is 1. The summed E-state index contributed by atoms with van der Waals surface area (Å²) in [6.07, 6.45) is 9.45.